The third kappa shape index (κ3) is 5.75. The average molecular weight is 682 g/mol. The number of benzene rings is 7. The summed E-state index contributed by atoms with van der Waals surface area (Å²) in [5, 5.41) is 0. The first-order chi connectivity index (χ1) is 25.6. The van der Waals surface area contributed by atoms with Crippen molar-refractivity contribution in [1.82, 2.24) is 0 Å². The number of para-hydroxylation sites is 1. The molecule has 2 heterocycles. The first-order valence-corrected chi connectivity index (χ1v) is 19.1. The van der Waals surface area contributed by atoms with Crippen LogP contribution >= 0.6 is 0 Å². The predicted molar refractivity (Wildman–Crippen MR) is 232 cm³/mol. The maximum absolute atomic E-state index is 2.63. The lowest BCUT2D eigenvalue weighted by molar-refractivity contribution is 0.590. The van der Waals surface area contributed by atoms with Crippen LogP contribution in [-0.4, -0.2) is 13.4 Å². The molecule has 0 bridgehead atoms. The fourth-order valence-corrected chi connectivity index (χ4v) is 8.62. The summed E-state index contributed by atoms with van der Waals surface area (Å²) in [4.78, 5) is 2.63. The molecule has 0 fully saturated rings. The molecule has 3 heteroatoms. The van der Waals surface area contributed by atoms with Crippen molar-refractivity contribution in [3.05, 3.63) is 175 Å². The van der Waals surface area contributed by atoms with E-state index in [2.05, 4.69) is 210 Å². The maximum Gasteiger partial charge on any atom is 0.246 e. The molecule has 0 unspecified atom stereocenters. The van der Waals surface area contributed by atoms with E-state index in [9.17, 15) is 0 Å². The van der Waals surface area contributed by atoms with Crippen LogP contribution in [0.1, 0.15) is 52.7 Å². The third-order valence-electron chi connectivity index (χ3n) is 11.5. The Balaban J connectivity index is 1.29. The van der Waals surface area contributed by atoms with Crippen molar-refractivity contribution >= 4 is 63.3 Å². The Morgan fingerprint density at radius 1 is 0.358 bits per heavy atom. The highest BCUT2D eigenvalue weighted by molar-refractivity contribution is 7.02. The molecular weight excluding hydrogens is 636 g/mol. The minimum Gasteiger partial charge on any atom is -0.313 e. The fourth-order valence-electron chi connectivity index (χ4n) is 8.62. The summed E-state index contributed by atoms with van der Waals surface area (Å²) in [7, 11) is 0. The van der Waals surface area contributed by atoms with Gasteiger partial charge in [-0.25, -0.2) is 0 Å². The van der Waals surface area contributed by atoms with Gasteiger partial charge in [0.2, 0.25) is 13.4 Å². The third-order valence-corrected chi connectivity index (χ3v) is 11.5. The highest BCUT2D eigenvalue weighted by atomic mass is 15.2. The molecule has 0 atom stereocenters. The number of rotatable bonds is 4. The van der Waals surface area contributed by atoms with Crippen LogP contribution in [0.25, 0.3) is 22.3 Å². The molecule has 7 aromatic carbocycles. The lowest BCUT2D eigenvalue weighted by Crippen LogP contribution is -2.65. The number of hydrogen-bond acceptors (Lipinski definition) is 1. The Morgan fingerprint density at radius 3 is 1.11 bits per heavy atom. The molecule has 0 amide bonds. The van der Waals surface area contributed by atoms with Gasteiger partial charge in [-0.3, -0.25) is 0 Å². The van der Waals surface area contributed by atoms with Crippen molar-refractivity contribution in [2.24, 2.45) is 0 Å². The lowest BCUT2D eigenvalue weighted by Gasteiger charge is -2.44. The average Bonchev–Trinajstić information content (AvgIpc) is 3.17. The molecule has 53 heavy (non-hydrogen) atoms. The Labute approximate surface area is 316 Å². The van der Waals surface area contributed by atoms with E-state index in [0.717, 1.165) is 0 Å². The van der Waals surface area contributed by atoms with Gasteiger partial charge in [-0.2, -0.15) is 0 Å². The minimum absolute atomic E-state index is 0.0105. The van der Waals surface area contributed by atoms with Gasteiger partial charge >= 0.3 is 0 Å². The predicted octanol–water partition coefficient (Wildman–Crippen LogP) is 8.74. The molecule has 7 aromatic rings. The summed E-state index contributed by atoms with van der Waals surface area (Å²) in [5.41, 5.74) is 19.7. The maximum atomic E-state index is 2.63. The minimum atomic E-state index is 0.0105. The first-order valence-electron chi connectivity index (χ1n) is 19.1. The standard InChI is InChI=1S/C50H45B2N/c1-49(2,3)38-24-30-42-46(32-38)53-47-33-39(50(4,5)6)25-31-43(47)52(41-28-22-37(23-29-41)35-16-11-8-12-17-35)45-19-13-18-44(48(45)53)51(42)40-26-20-36(21-27-40)34-14-9-7-10-15-34/h7-33H,1-6H3. The van der Waals surface area contributed by atoms with Crippen molar-refractivity contribution in [1.29, 1.82) is 0 Å². The highest BCUT2D eigenvalue weighted by Crippen LogP contribution is 2.40. The zero-order chi connectivity index (χ0) is 36.5. The molecule has 0 aromatic heterocycles. The van der Waals surface area contributed by atoms with Gasteiger partial charge in [-0.05, 0) is 78.2 Å². The molecule has 0 saturated heterocycles. The van der Waals surface area contributed by atoms with Crippen molar-refractivity contribution in [3.8, 4) is 22.3 Å². The molecule has 0 aliphatic carbocycles. The second-order valence-corrected chi connectivity index (χ2v) is 17.0. The van der Waals surface area contributed by atoms with Crippen LogP contribution in [0.15, 0.2) is 164 Å². The molecule has 9 rings (SSSR count). The summed E-state index contributed by atoms with van der Waals surface area (Å²) in [5.74, 6) is 0. The van der Waals surface area contributed by atoms with E-state index < -0.39 is 0 Å². The molecule has 0 N–H and O–H groups in total. The van der Waals surface area contributed by atoms with Crippen molar-refractivity contribution in [3.63, 3.8) is 0 Å². The van der Waals surface area contributed by atoms with E-state index in [4.69, 9.17) is 0 Å². The van der Waals surface area contributed by atoms with Crippen molar-refractivity contribution in [2.75, 3.05) is 4.90 Å². The molecule has 0 radical (unpaired) electrons. The molecule has 2 aliphatic rings. The lowest BCUT2D eigenvalue weighted by atomic mass is 9.30. The smallest absolute Gasteiger partial charge is 0.246 e. The van der Waals surface area contributed by atoms with E-state index in [1.807, 2.05) is 0 Å². The topological polar surface area (TPSA) is 3.24 Å². The molecule has 2 aliphatic heterocycles. The summed E-state index contributed by atoms with van der Waals surface area (Å²) in [6, 6.07) is 61.7. The molecular formula is C50H45B2N. The van der Waals surface area contributed by atoms with Crippen LogP contribution < -0.4 is 37.7 Å². The van der Waals surface area contributed by atoms with Gasteiger partial charge in [0.05, 0.1) is 0 Å². The number of anilines is 3. The van der Waals surface area contributed by atoms with Gasteiger partial charge in [0.15, 0.2) is 0 Å². The Bertz CT molecular complexity index is 2280. The zero-order valence-electron chi connectivity index (χ0n) is 31.7. The second-order valence-electron chi connectivity index (χ2n) is 17.0. The van der Waals surface area contributed by atoms with E-state index in [1.165, 1.54) is 83.2 Å². The summed E-state index contributed by atoms with van der Waals surface area (Å²) in [6.45, 7) is 14.2. The summed E-state index contributed by atoms with van der Waals surface area (Å²) < 4.78 is 0. The van der Waals surface area contributed by atoms with Crippen LogP contribution in [0, 0.1) is 0 Å². The van der Waals surface area contributed by atoms with E-state index in [0.29, 0.717) is 0 Å². The normalized spacial score (nSPS) is 13.4. The van der Waals surface area contributed by atoms with Gasteiger partial charge in [0.1, 0.15) is 0 Å². The van der Waals surface area contributed by atoms with Gasteiger partial charge in [0.25, 0.3) is 0 Å². The van der Waals surface area contributed by atoms with Crippen LogP contribution in [0.4, 0.5) is 17.1 Å². The second kappa shape index (κ2) is 12.6. The first kappa shape index (κ1) is 33.3. The van der Waals surface area contributed by atoms with Crippen LogP contribution in [0.2, 0.25) is 0 Å². The molecule has 1 nitrogen and oxygen atoms in total. The van der Waals surface area contributed by atoms with Gasteiger partial charge in [-0.1, -0.05) is 204 Å². The van der Waals surface area contributed by atoms with Crippen LogP contribution in [0.5, 0.6) is 0 Å². The van der Waals surface area contributed by atoms with E-state index >= 15 is 0 Å². The monoisotopic (exact) mass is 681 g/mol. The quantitative estimate of drug-likeness (QED) is 0.168. The fraction of sp³-hybridized carbons (Fsp3) is 0.160. The van der Waals surface area contributed by atoms with Crippen LogP contribution in [0.3, 0.4) is 0 Å². The summed E-state index contributed by atoms with van der Waals surface area (Å²) in [6.07, 6.45) is 0. The molecule has 0 saturated carbocycles. The SMILES string of the molecule is CC(C)(C)c1ccc2c(c1)N1c3cc(C(C)(C)C)ccc3B(c3ccc(-c4ccccc4)cc3)c3cccc(c31)B2c1ccc(-c2ccccc2)cc1. The van der Waals surface area contributed by atoms with Gasteiger partial charge in [0, 0.05) is 17.1 Å². The Kier molecular flexibility index (Phi) is 7.89. The molecule has 256 valence electrons. The van der Waals surface area contributed by atoms with E-state index in [-0.39, 0.29) is 24.3 Å². The Morgan fingerprint density at radius 2 is 0.736 bits per heavy atom. The van der Waals surface area contributed by atoms with Gasteiger partial charge < -0.3 is 4.90 Å². The zero-order valence-corrected chi connectivity index (χ0v) is 31.7. The van der Waals surface area contributed by atoms with Crippen molar-refractivity contribution < 1.29 is 0 Å². The van der Waals surface area contributed by atoms with Crippen molar-refractivity contribution in [2.45, 2.75) is 52.4 Å². The largest absolute Gasteiger partial charge is 0.313 e. The molecule has 0 spiro atoms. The number of nitrogens with zero attached hydrogens (tertiary/aromatic N) is 1. The number of hydrogen-bond donors (Lipinski definition) is 0. The van der Waals surface area contributed by atoms with Crippen LogP contribution in [-0.2, 0) is 10.8 Å². The summed E-state index contributed by atoms with van der Waals surface area (Å²) >= 11 is 0. The number of fused-ring (bicyclic) bond motifs is 4. The van der Waals surface area contributed by atoms with Gasteiger partial charge in [-0.15, -0.1) is 0 Å². The Hall–Kier alpha value is -5.53. The van der Waals surface area contributed by atoms with E-state index in [1.54, 1.807) is 0 Å². The highest BCUT2D eigenvalue weighted by Gasteiger charge is 2.43.